The van der Waals surface area contributed by atoms with Crippen LogP contribution >= 0.6 is 57.7 Å². The molecule has 1 fully saturated rings. The van der Waals surface area contributed by atoms with E-state index in [-0.39, 0.29) is 37.1 Å². The average Bonchev–Trinajstić information content (AvgIpc) is 3.37. The van der Waals surface area contributed by atoms with E-state index in [1.165, 1.54) is 11.3 Å². The van der Waals surface area contributed by atoms with Crippen molar-refractivity contribution in [2.24, 2.45) is 0 Å². The molecule has 3 amide bonds. The summed E-state index contributed by atoms with van der Waals surface area (Å²) in [7, 11) is 0. The first-order valence-corrected chi connectivity index (χ1v) is 11.8. The van der Waals surface area contributed by atoms with E-state index in [0.29, 0.717) is 5.69 Å². The standard InChI is InChI=1S/C22H12Cl4N2O3S/c1-9-4-2-5-10(8-9)27-18(11-6-3-7-32-11)19(22(27)31)28-20(29)12-13(21(28)30)15(24)17(26)16(25)14(12)23/h2-8,18-19H,1H3/t18-,19-/m0/s1. The topological polar surface area (TPSA) is 57.7 Å². The molecule has 0 bridgehead atoms. The highest BCUT2D eigenvalue weighted by Crippen LogP contribution is 2.49. The number of imide groups is 1. The van der Waals surface area contributed by atoms with Crippen LogP contribution in [0.3, 0.4) is 0 Å². The summed E-state index contributed by atoms with van der Waals surface area (Å²) in [6, 6.07) is 9.59. The predicted molar refractivity (Wildman–Crippen MR) is 126 cm³/mol. The van der Waals surface area contributed by atoms with Crippen LogP contribution in [0.1, 0.15) is 37.2 Å². The lowest BCUT2D eigenvalue weighted by molar-refractivity contribution is -0.130. The number of amides is 3. The van der Waals surface area contributed by atoms with Gasteiger partial charge in [0.05, 0.1) is 31.2 Å². The molecule has 1 saturated heterocycles. The quantitative estimate of drug-likeness (QED) is 0.171. The van der Waals surface area contributed by atoms with Gasteiger partial charge < -0.3 is 0 Å². The van der Waals surface area contributed by atoms with Gasteiger partial charge in [0.2, 0.25) is 0 Å². The van der Waals surface area contributed by atoms with Gasteiger partial charge in [-0.2, -0.15) is 0 Å². The van der Waals surface area contributed by atoms with Gasteiger partial charge in [-0.3, -0.25) is 24.2 Å². The molecule has 0 radical (unpaired) electrons. The van der Waals surface area contributed by atoms with Crippen LogP contribution in [0.5, 0.6) is 0 Å². The van der Waals surface area contributed by atoms with Crippen LogP contribution in [0.2, 0.25) is 20.1 Å². The zero-order chi connectivity index (χ0) is 22.9. The second kappa shape index (κ2) is 7.75. The molecule has 0 spiro atoms. The van der Waals surface area contributed by atoms with Crippen molar-refractivity contribution in [3.63, 3.8) is 0 Å². The van der Waals surface area contributed by atoms with Gasteiger partial charge in [-0.05, 0) is 36.1 Å². The van der Waals surface area contributed by atoms with Gasteiger partial charge >= 0.3 is 0 Å². The van der Waals surface area contributed by atoms with Gasteiger partial charge in [0, 0.05) is 10.6 Å². The van der Waals surface area contributed by atoms with Crippen molar-refractivity contribution in [3.8, 4) is 0 Å². The van der Waals surface area contributed by atoms with E-state index in [2.05, 4.69) is 0 Å². The Morgan fingerprint density at radius 3 is 1.94 bits per heavy atom. The van der Waals surface area contributed by atoms with E-state index in [1.807, 2.05) is 48.7 Å². The molecule has 2 atom stereocenters. The molecule has 5 nitrogen and oxygen atoms in total. The van der Waals surface area contributed by atoms with Crippen LogP contribution in [0.25, 0.3) is 0 Å². The summed E-state index contributed by atoms with van der Waals surface area (Å²) in [5.41, 5.74) is 1.39. The highest BCUT2D eigenvalue weighted by Gasteiger charge is 2.58. The number of halogens is 4. The van der Waals surface area contributed by atoms with Crippen molar-refractivity contribution in [2.75, 3.05) is 4.90 Å². The third-order valence-corrected chi connectivity index (χ3v) is 8.34. The molecule has 0 unspecified atom stereocenters. The third kappa shape index (κ3) is 2.94. The molecule has 3 heterocycles. The Kier molecular flexibility index (Phi) is 5.26. The maximum Gasteiger partial charge on any atom is 0.264 e. The molecule has 2 aliphatic rings. The minimum atomic E-state index is -1.05. The number of β-lactam (4-membered cyclic amide) rings is 1. The number of carbonyl (C=O) groups excluding carboxylic acids is 3. The maximum absolute atomic E-state index is 13.4. The molecule has 1 aromatic heterocycles. The van der Waals surface area contributed by atoms with Crippen LogP contribution in [0, 0.1) is 6.92 Å². The van der Waals surface area contributed by atoms with Crippen LogP contribution in [0.4, 0.5) is 5.69 Å². The Hall–Kier alpha value is -2.09. The van der Waals surface area contributed by atoms with E-state index in [4.69, 9.17) is 46.4 Å². The lowest BCUT2D eigenvalue weighted by Crippen LogP contribution is -2.67. The van der Waals surface area contributed by atoms with E-state index in [0.717, 1.165) is 15.3 Å². The normalized spacial score (nSPS) is 20.1. The van der Waals surface area contributed by atoms with E-state index < -0.39 is 23.9 Å². The fraction of sp³-hybridized carbons (Fsp3) is 0.136. The van der Waals surface area contributed by atoms with Crippen LogP contribution in [-0.4, -0.2) is 28.7 Å². The third-order valence-electron chi connectivity index (χ3n) is 5.59. The molecule has 32 heavy (non-hydrogen) atoms. The first-order chi connectivity index (χ1) is 15.2. The van der Waals surface area contributed by atoms with Gasteiger partial charge in [-0.1, -0.05) is 64.6 Å². The zero-order valence-electron chi connectivity index (χ0n) is 16.2. The summed E-state index contributed by atoms with van der Waals surface area (Å²) in [4.78, 5) is 43.4. The van der Waals surface area contributed by atoms with Crippen molar-refractivity contribution < 1.29 is 14.4 Å². The molecule has 10 heteroatoms. The molecule has 2 aliphatic heterocycles. The fourth-order valence-electron chi connectivity index (χ4n) is 4.15. The summed E-state index contributed by atoms with van der Waals surface area (Å²) in [5, 5.41) is 1.32. The second-order valence-electron chi connectivity index (χ2n) is 7.44. The molecule has 0 aliphatic carbocycles. The number of aryl methyl sites for hydroxylation is 1. The molecule has 0 saturated carbocycles. The lowest BCUT2D eigenvalue weighted by Gasteiger charge is -2.49. The van der Waals surface area contributed by atoms with Crippen molar-refractivity contribution >= 4 is 81.1 Å². The summed E-state index contributed by atoms with van der Waals surface area (Å²) in [6.07, 6.45) is 0. The van der Waals surface area contributed by atoms with Crippen molar-refractivity contribution in [1.82, 2.24) is 4.90 Å². The molecule has 162 valence electrons. The Labute approximate surface area is 207 Å². The SMILES string of the molecule is Cc1cccc(N2C(=O)[C@@H](N3C(=O)c4c(Cl)c(Cl)c(Cl)c(Cl)c4C3=O)[C@@H]2c2cccs2)c1. The van der Waals surface area contributed by atoms with Gasteiger partial charge in [0.15, 0.2) is 0 Å². The molecular weight excluding hydrogens is 514 g/mol. The van der Waals surface area contributed by atoms with E-state index in [1.54, 1.807) is 4.90 Å². The summed E-state index contributed by atoms with van der Waals surface area (Å²) in [6.45, 7) is 1.92. The lowest BCUT2D eigenvalue weighted by atomic mass is 9.90. The summed E-state index contributed by atoms with van der Waals surface area (Å²) >= 11 is 26.2. The Morgan fingerprint density at radius 2 is 1.41 bits per heavy atom. The molecule has 0 N–H and O–H groups in total. The number of nitrogens with zero attached hydrogens (tertiary/aromatic N) is 2. The number of anilines is 1. The highest BCUT2D eigenvalue weighted by molar-refractivity contribution is 7.10. The van der Waals surface area contributed by atoms with Crippen LogP contribution < -0.4 is 4.90 Å². The Morgan fingerprint density at radius 1 is 0.781 bits per heavy atom. The number of hydrogen-bond acceptors (Lipinski definition) is 4. The van der Waals surface area contributed by atoms with Crippen LogP contribution in [0.15, 0.2) is 41.8 Å². The predicted octanol–water partition coefficient (Wildman–Crippen LogP) is 6.42. The zero-order valence-corrected chi connectivity index (χ0v) is 20.1. The highest BCUT2D eigenvalue weighted by atomic mass is 35.5. The largest absolute Gasteiger partial charge is 0.300 e. The number of rotatable bonds is 3. The minimum absolute atomic E-state index is 0.115. The summed E-state index contributed by atoms with van der Waals surface area (Å²) in [5.74, 6) is -1.83. The van der Waals surface area contributed by atoms with Crippen molar-refractivity contribution in [2.45, 2.75) is 19.0 Å². The average molecular weight is 526 g/mol. The maximum atomic E-state index is 13.4. The Balaban J connectivity index is 1.62. The van der Waals surface area contributed by atoms with E-state index >= 15 is 0 Å². The van der Waals surface area contributed by atoms with Crippen molar-refractivity contribution in [1.29, 1.82) is 0 Å². The first-order valence-electron chi connectivity index (χ1n) is 9.41. The molecule has 5 rings (SSSR count). The fourth-order valence-corrected chi connectivity index (χ4v) is 6.01. The first kappa shape index (κ1) is 21.7. The van der Waals surface area contributed by atoms with Crippen LogP contribution in [-0.2, 0) is 4.79 Å². The molecule has 3 aromatic rings. The number of hydrogen-bond donors (Lipinski definition) is 0. The van der Waals surface area contributed by atoms with Crippen molar-refractivity contribution in [3.05, 3.63) is 83.4 Å². The van der Waals surface area contributed by atoms with E-state index in [9.17, 15) is 14.4 Å². The second-order valence-corrected chi connectivity index (χ2v) is 9.93. The number of benzene rings is 2. The van der Waals surface area contributed by atoms with Gasteiger partial charge in [0.25, 0.3) is 17.7 Å². The Bertz CT molecular complexity index is 1280. The molecular formula is C22H12Cl4N2O3S. The smallest absolute Gasteiger partial charge is 0.264 e. The monoisotopic (exact) mass is 524 g/mol. The number of thiophene rings is 1. The van der Waals surface area contributed by atoms with Gasteiger partial charge in [-0.25, -0.2) is 0 Å². The summed E-state index contributed by atoms with van der Waals surface area (Å²) < 4.78 is 0. The number of fused-ring (bicyclic) bond motifs is 1. The minimum Gasteiger partial charge on any atom is -0.300 e. The van der Waals surface area contributed by atoms with Gasteiger partial charge in [0.1, 0.15) is 12.1 Å². The van der Waals surface area contributed by atoms with Gasteiger partial charge in [-0.15, -0.1) is 11.3 Å². The number of carbonyl (C=O) groups is 3. The molecule has 2 aromatic carbocycles.